The van der Waals surface area contributed by atoms with Gasteiger partial charge in [0, 0.05) is 31.6 Å². The fourth-order valence-corrected chi connectivity index (χ4v) is 3.46. The zero-order valence-electron chi connectivity index (χ0n) is 13.7. The number of para-hydroxylation sites is 2. The molecule has 3 aromatic rings. The molecule has 1 aliphatic heterocycles. The number of halogens is 1. The van der Waals surface area contributed by atoms with Gasteiger partial charge in [-0.05, 0) is 24.3 Å². The third-order valence-electron chi connectivity index (χ3n) is 4.58. The van der Waals surface area contributed by atoms with Crippen molar-refractivity contribution in [3.8, 4) is 0 Å². The molecule has 1 aliphatic rings. The van der Waals surface area contributed by atoms with E-state index < -0.39 is 0 Å². The summed E-state index contributed by atoms with van der Waals surface area (Å²) < 4.78 is 0. The predicted molar refractivity (Wildman–Crippen MR) is 101 cm³/mol. The van der Waals surface area contributed by atoms with Gasteiger partial charge in [0.05, 0.1) is 16.2 Å². The van der Waals surface area contributed by atoms with Crippen molar-refractivity contribution in [3.63, 3.8) is 0 Å². The van der Waals surface area contributed by atoms with Crippen molar-refractivity contribution >= 4 is 34.1 Å². The summed E-state index contributed by atoms with van der Waals surface area (Å²) in [4.78, 5) is 21.4. The molecule has 2 aromatic carbocycles. The smallest absolute Gasteiger partial charge is 0.272 e. The van der Waals surface area contributed by atoms with Crippen molar-refractivity contribution in [2.45, 2.75) is 0 Å². The molecule has 1 aromatic heterocycles. The second kappa shape index (κ2) is 6.73. The Morgan fingerprint density at radius 1 is 0.880 bits per heavy atom. The maximum Gasteiger partial charge on any atom is 0.272 e. The maximum absolute atomic E-state index is 12.8. The summed E-state index contributed by atoms with van der Waals surface area (Å²) in [6.07, 6.45) is 0. The minimum Gasteiger partial charge on any atom is -0.367 e. The van der Waals surface area contributed by atoms with Gasteiger partial charge < -0.3 is 9.80 Å². The monoisotopic (exact) mass is 351 g/mol. The number of benzene rings is 2. The Labute approximate surface area is 151 Å². The van der Waals surface area contributed by atoms with E-state index in [0.717, 1.165) is 34.7 Å². The van der Waals surface area contributed by atoms with Crippen LogP contribution in [-0.4, -0.2) is 42.0 Å². The van der Waals surface area contributed by atoms with Crippen molar-refractivity contribution < 1.29 is 4.79 Å². The van der Waals surface area contributed by atoms with Crippen LogP contribution in [0.25, 0.3) is 10.9 Å². The molecule has 25 heavy (non-hydrogen) atoms. The van der Waals surface area contributed by atoms with Crippen molar-refractivity contribution in [3.05, 3.63) is 71.4 Å². The van der Waals surface area contributed by atoms with E-state index in [1.807, 2.05) is 65.6 Å². The average Bonchev–Trinajstić information content (AvgIpc) is 2.67. The first-order valence-corrected chi connectivity index (χ1v) is 8.75. The summed E-state index contributed by atoms with van der Waals surface area (Å²) in [6, 6.07) is 19.4. The van der Waals surface area contributed by atoms with Crippen LogP contribution in [0.4, 0.5) is 5.69 Å². The number of carbonyl (C=O) groups is 1. The molecule has 5 heteroatoms. The molecular formula is C20H18ClN3O. The lowest BCUT2D eigenvalue weighted by molar-refractivity contribution is 0.0741. The van der Waals surface area contributed by atoms with Gasteiger partial charge in [0.2, 0.25) is 0 Å². The predicted octanol–water partition coefficient (Wildman–Crippen LogP) is 3.85. The van der Waals surface area contributed by atoms with E-state index in [2.05, 4.69) is 9.88 Å². The van der Waals surface area contributed by atoms with Crippen LogP contribution in [-0.2, 0) is 0 Å². The molecule has 0 radical (unpaired) electrons. The number of nitrogens with zero attached hydrogens (tertiary/aromatic N) is 3. The van der Waals surface area contributed by atoms with Gasteiger partial charge in [-0.15, -0.1) is 0 Å². The third-order valence-corrected chi connectivity index (χ3v) is 4.90. The zero-order chi connectivity index (χ0) is 17.2. The number of rotatable bonds is 2. The highest BCUT2D eigenvalue weighted by atomic mass is 35.5. The number of hydrogen-bond donors (Lipinski definition) is 0. The van der Waals surface area contributed by atoms with Gasteiger partial charge in [-0.1, -0.05) is 48.0 Å². The van der Waals surface area contributed by atoms with Crippen LogP contribution in [0.1, 0.15) is 10.5 Å². The number of piperazine rings is 1. The van der Waals surface area contributed by atoms with Crippen molar-refractivity contribution in [2.24, 2.45) is 0 Å². The molecule has 4 nitrogen and oxygen atoms in total. The Kier molecular flexibility index (Phi) is 4.28. The lowest BCUT2D eigenvalue weighted by Crippen LogP contribution is -2.49. The minimum absolute atomic E-state index is 0.00967. The van der Waals surface area contributed by atoms with E-state index in [4.69, 9.17) is 11.6 Å². The number of fused-ring (bicyclic) bond motifs is 1. The number of hydrogen-bond acceptors (Lipinski definition) is 3. The SMILES string of the molecule is O=C(c1ccc2ccccc2n1)N1CCN(c2ccccc2Cl)CC1. The van der Waals surface area contributed by atoms with Crippen molar-refractivity contribution in [2.75, 3.05) is 31.1 Å². The van der Waals surface area contributed by atoms with Gasteiger partial charge in [-0.25, -0.2) is 4.98 Å². The molecule has 2 heterocycles. The van der Waals surface area contributed by atoms with E-state index in [-0.39, 0.29) is 5.91 Å². The molecule has 126 valence electrons. The van der Waals surface area contributed by atoms with Crippen LogP contribution >= 0.6 is 11.6 Å². The summed E-state index contributed by atoms with van der Waals surface area (Å²) in [5, 5.41) is 1.79. The summed E-state index contributed by atoms with van der Waals surface area (Å²) in [5.41, 5.74) is 2.38. The standard InChI is InChI=1S/C20H18ClN3O/c21-16-6-2-4-8-19(16)23-11-13-24(14-12-23)20(25)18-10-9-15-5-1-3-7-17(15)22-18/h1-10H,11-14H2. The second-order valence-corrected chi connectivity index (χ2v) is 6.53. The first-order valence-electron chi connectivity index (χ1n) is 8.37. The molecule has 0 N–H and O–H groups in total. The zero-order valence-corrected chi connectivity index (χ0v) is 14.5. The van der Waals surface area contributed by atoms with Gasteiger partial charge in [-0.3, -0.25) is 4.79 Å². The second-order valence-electron chi connectivity index (χ2n) is 6.12. The summed E-state index contributed by atoms with van der Waals surface area (Å²) in [7, 11) is 0. The molecular weight excluding hydrogens is 334 g/mol. The third kappa shape index (κ3) is 3.17. The molecule has 1 amide bonds. The summed E-state index contributed by atoms with van der Waals surface area (Å²) in [6.45, 7) is 2.86. The first kappa shape index (κ1) is 15.9. The Bertz CT molecular complexity index is 919. The molecule has 0 spiro atoms. The van der Waals surface area contributed by atoms with Gasteiger partial charge in [0.1, 0.15) is 5.69 Å². The summed E-state index contributed by atoms with van der Waals surface area (Å²) in [5.74, 6) is -0.00967. The summed E-state index contributed by atoms with van der Waals surface area (Å²) >= 11 is 6.28. The molecule has 0 bridgehead atoms. The fourth-order valence-electron chi connectivity index (χ4n) is 3.21. The largest absolute Gasteiger partial charge is 0.367 e. The van der Waals surface area contributed by atoms with Gasteiger partial charge in [0.25, 0.3) is 5.91 Å². The van der Waals surface area contributed by atoms with Crippen LogP contribution < -0.4 is 4.90 Å². The lowest BCUT2D eigenvalue weighted by Gasteiger charge is -2.36. The van der Waals surface area contributed by atoms with E-state index in [1.54, 1.807) is 0 Å². The van der Waals surface area contributed by atoms with Crippen LogP contribution in [0.15, 0.2) is 60.7 Å². The van der Waals surface area contributed by atoms with E-state index >= 15 is 0 Å². The Morgan fingerprint density at radius 3 is 2.40 bits per heavy atom. The highest BCUT2D eigenvalue weighted by Gasteiger charge is 2.24. The molecule has 0 aliphatic carbocycles. The maximum atomic E-state index is 12.8. The molecule has 0 atom stereocenters. The highest BCUT2D eigenvalue weighted by molar-refractivity contribution is 6.33. The van der Waals surface area contributed by atoms with Crippen molar-refractivity contribution in [1.82, 2.24) is 9.88 Å². The Morgan fingerprint density at radius 2 is 1.60 bits per heavy atom. The topological polar surface area (TPSA) is 36.4 Å². The quantitative estimate of drug-likeness (QED) is 0.703. The van der Waals surface area contributed by atoms with E-state index in [0.29, 0.717) is 18.8 Å². The average molecular weight is 352 g/mol. The molecule has 1 saturated heterocycles. The molecule has 0 unspecified atom stereocenters. The van der Waals surface area contributed by atoms with Gasteiger partial charge in [0.15, 0.2) is 0 Å². The number of aromatic nitrogens is 1. The number of amides is 1. The molecule has 0 saturated carbocycles. The van der Waals surface area contributed by atoms with Crippen LogP contribution in [0.2, 0.25) is 5.02 Å². The molecule has 4 rings (SSSR count). The van der Waals surface area contributed by atoms with Gasteiger partial charge >= 0.3 is 0 Å². The van der Waals surface area contributed by atoms with Crippen molar-refractivity contribution in [1.29, 1.82) is 0 Å². The number of carbonyl (C=O) groups excluding carboxylic acids is 1. The van der Waals surface area contributed by atoms with Crippen LogP contribution in [0.3, 0.4) is 0 Å². The van der Waals surface area contributed by atoms with E-state index in [9.17, 15) is 4.79 Å². The normalized spacial score (nSPS) is 14.8. The Hall–Kier alpha value is -2.59. The number of pyridine rings is 1. The first-order chi connectivity index (χ1) is 12.2. The van der Waals surface area contributed by atoms with Crippen LogP contribution in [0, 0.1) is 0 Å². The Balaban J connectivity index is 1.48. The fraction of sp³-hybridized carbons (Fsp3) is 0.200. The number of anilines is 1. The lowest BCUT2D eigenvalue weighted by atomic mass is 10.2. The minimum atomic E-state index is -0.00967. The highest BCUT2D eigenvalue weighted by Crippen LogP contribution is 2.26. The van der Waals surface area contributed by atoms with Crippen LogP contribution in [0.5, 0.6) is 0 Å². The van der Waals surface area contributed by atoms with E-state index in [1.165, 1.54) is 0 Å². The molecule has 1 fully saturated rings. The van der Waals surface area contributed by atoms with Gasteiger partial charge in [-0.2, -0.15) is 0 Å².